The molecule has 32 heavy (non-hydrogen) atoms. The van der Waals surface area contributed by atoms with Crippen LogP contribution in [0.25, 0.3) is 10.9 Å². The number of nitrogen functional groups attached to an aromatic ring is 1. The summed E-state index contributed by atoms with van der Waals surface area (Å²) in [7, 11) is 1.65. The van der Waals surface area contributed by atoms with Gasteiger partial charge in [0.25, 0.3) is 5.91 Å². The number of nitrogens with one attached hydrogen (secondary N) is 2. The van der Waals surface area contributed by atoms with E-state index in [9.17, 15) is 18.0 Å². The van der Waals surface area contributed by atoms with Crippen LogP contribution in [0, 0.1) is 0 Å². The zero-order valence-electron chi connectivity index (χ0n) is 17.2. The summed E-state index contributed by atoms with van der Waals surface area (Å²) in [5.41, 5.74) is 5.73. The molecule has 1 fully saturated rings. The van der Waals surface area contributed by atoms with Crippen molar-refractivity contribution in [3.63, 3.8) is 0 Å². The van der Waals surface area contributed by atoms with Crippen LogP contribution in [0.1, 0.15) is 41.7 Å². The third-order valence-electron chi connectivity index (χ3n) is 5.66. The molecule has 11 heteroatoms. The molecule has 0 bridgehead atoms. The average molecular weight is 467 g/mol. The number of benzene rings is 1. The van der Waals surface area contributed by atoms with Gasteiger partial charge in [0, 0.05) is 35.2 Å². The molecule has 1 saturated carbocycles. The van der Waals surface area contributed by atoms with Gasteiger partial charge >= 0.3 is 6.18 Å². The Kier molecular flexibility index (Phi) is 5.89. The molecule has 1 amide bonds. The van der Waals surface area contributed by atoms with Gasteiger partial charge < -0.3 is 16.4 Å². The smallest absolute Gasteiger partial charge is 0.383 e. The fourth-order valence-corrected chi connectivity index (χ4v) is 4.19. The Hall–Kier alpha value is -3.01. The number of fused-ring (bicyclic) bond motifs is 1. The minimum atomic E-state index is -4.57. The van der Waals surface area contributed by atoms with Gasteiger partial charge in [-0.05, 0) is 49.9 Å². The normalized spacial score (nSPS) is 19.2. The second kappa shape index (κ2) is 8.50. The molecule has 2 aromatic heterocycles. The van der Waals surface area contributed by atoms with E-state index >= 15 is 0 Å². The molecule has 0 aliphatic heterocycles. The Morgan fingerprint density at radius 3 is 2.69 bits per heavy atom. The third-order valence-corrected chi connectivity index (χ3v) is 5.89. The number of alkyl halides is 3. The number of aryl methyl sites for hydroxylation is 1. The van der Waals surface area contributed by atoms with Crippen LogP contribution in [0.3, 0.4) is 0 Å². The van der Waals surface area contributed by atoms with Crippen molar-refractivity contribution in [2.24, 2.45) is 7.05 Å². The SMILES string of the molecule is Cn1ncc(C(=O)N[C@@H]2CCC[C@H](Nc3cc(C(F)(F)F)nc4ccc(Cl)cc34)C2)c1N. The maximum absolute atomic E-state index is 13.4. The van der Waals surface area contributed by atoms with Gasteiger partial charge in [-0.2, -0.15) is 18.3 Å². The van der Waals surface area contributed by atoms with Crippen molar-refractivity contribution in [3.05, 3.63) is 46.7 Å². The lowest BCUT2D eigenvalue weighted by atomic mass is 9.90. The molecule has 2 atom stereocenters. The summed E-state index contributed by atoms with van der Waals surface area (Å²) in [5.74, 6) is -0.0467. The number of anilines is 2. The highest BCUT2D eigenvalue weighted by Crippen LogP contribution is 2.35. The van der Waals surface area contributed by atoms with E-state index in [0.717, 1.165) is 25.3 Å². The van der Waals surface area contributed by atoms with Crippen molar-refractivity contribution in [3.8, 4) is 0 Å². The number of hydrogen-bond donors (Lipinski definition) is 3. The van der Waals surface area contributed by atoms with Crippen LogP contribution < -0.4 is 16.4 Å². The molecule has 0 unspecified atom stereocenters. The summed E-state index contributed by atoms with van der Waals surface area (Å²) < 4.78 is 41.5. The Bertz CT molecular complexity index is 1160. The standard InChI is InChI=1S/C21H22ClF3N6O/c1-31-19(26)15(10-27-31)20(32)29-13-4-2-3-12(8-13)28-17-9-18(21(23,24)25)30-16-6-5-11(22)7-14(16)17/h5-7,9-10,12-13H,2-4,8,26H2,1H3,(H,28,30)(H,29,32)/t12-,13+/m0/s1. The minimum Gasteiger partial charge on any atom is -0.383 e. The van der Waals surface area contributed by atoms with E-state index in [1.165, 1.54) is 23.0 Å². The first-order valence-corrected chi connectivity index (χ1v) is 10.5. The maximum atomic E-state index is 13.4. The van der Waals surface area contributed by atoms with Crippen LogP contribution >= 0.6 is 11.6 Å². The number of carbonyl (C=O) groups is 1. The van der Waals surface area contributed by atoms with Gasteiger partial charge in [0.05, 0.1) is 11.7 Å². The molecule has 4 N–H and O–H groups in total. The highest BCUT2D eigenvalue weighted by Gasteiger charge is 2.34. The van der Waals surface area contributed by atoms with Crippen LogP contribution in [0.4, 0.5) is 24.7 Å². The van der Waals surface area contributed by atoms with Crippen LogP contribution in [-0.4, -0.2) is 32.8 Å². The number of aromatic nitrogens is 3. The van der Waals surface area contributed by atoms with E-state index in [1.54, 1.807) is 13.1 Å². The first-order valence-electron chi connectivity index (χ1n) is 10.1. The van der Waals surface area contributed by atoms with Gasteiger partial charge in [-0.25, -0.2) is 4.98 Å². The fraction of sp³-hybridized carbons (Fsp3) is 0.381. The number of nitrogens with two attached hydrogens (primary N) is 1. The lowest BCUT2D eigenvalue weighted by Gasteiger charge is -2.31. The number of nitrogens with zero attached hydrogens (tertiary/aromatic N) is 3. The maximum Gasteiger partial charge on any atom is 0.433 e. The summed E-state index contributed by atoms with van der Waals surface area (Å²) in [6.45, 7) is 0. The number of amides is 1. The summed E-state index contributed by atoms with van der Waals surface area (Å²) in [4.78, 5) is 16.3. The van der Waals surface area contributed by atoms with E-state index in [1.807, 2.05) is 0 Å². The summed E-state index contributed by atoms with van der Waals surface area (Å²) in [6.07, 6.45) is -0.279. The molecule has 1 aliphatic carbocycles. The predicted octanol–water partition coefficient (Wildman–Crippen LogP) is 4.38. The largest absolute Gasteiger partial charge is 0.433 e. The highest BCUT2D eigenvalue weighted by molar-refractivity contribution is 6.31. The molecular formula is C21H22ClF3N6O. The number of carbonyl (C=O) groups excluding carboxylic acids is 1. The predicted molar refractivity (Wildman–Crippen MR) is 117 cm³/mol. The van der Waals surface area contributed by atoms with Crippen molar-refractivity contribution in [1.29, 1.82) is 0 Å². The van der Waals surface area contributed by atoms with Crippen molar-refractivity contribution >= 4 is 39.9 Å². The Morgan fingerprint density at radius 2 is 2.00 bits per heavy atom. The zero-order valence-corrected chi connectivity index (χ0v) is 18.0. The van der Waals surface area contributed by atoms with E-state index in [2.05, 4.69) is 20.7 Å². The summed E-state index contributed by atoms with van der Waals surface area (Å²) in [5, 5.41) is 11.1. The first-order chi connectivity index (χ1) is 15.1. The van der Waals surface area contributed by atoms with Crippen LogP contribution in [0.5, 0.6) is 0 Å². The Balaban J connectivity index is 1.54. The molecule has 0 saturated heterocycles. The summed E-state index contributed by atoms with van der Waals surface area (Å²) in [6, 6.07) is 5.31. The van der Waals surface area contributed by atoms with Gasteiger partial charge in [-0.1, -0.05) is 11.6 Å². The van der Waals surface area contributed by atoms with Gasteiger partial charge in [0.2, 0.25) is 0 Å². The molecule has 3 aromatic rings. The summed E-state index contributed by atoms with van der Waals surface area (Å²) >= 11 is 6.07. The molecule has 4 rings (SSSR count). The van der Waals surface area contributed by atoms with Crippen LogP contribution in [-0.2, 0) is 13.2 Å². The van der Waals surface area contributed by atoms with Gasteiger partial charge in [-0.3, -0.25) is 9.48 Å². The Labute approximate surface area is 187 Å². The number of halogens is 4. The van der Waals surface area contributed by atoms with E-state index < -0.39 is 11.9 Å². The topological polar surface area (TPSA) is 97.9 Å². The highest BCUT2D eigenvalue weighted by atomic mass is 35.5. The van der Waals surface area contributed by atoms with Crippen molar-refractivity contribution in [2.75, 3.05) is 11.1 Å². The molecule has 0 radical (unpaired) electrons. The third kappa shape index (κ3) is 4.59. The van der Waals surface area contributed by atoms with Gasteiger partial charge in [-0.15, -0.1) is 0 Å². The van der Waals surface area contributed by atoms with E-state index in [4.69, 9.17) is 17.3 Å². The van der Waals surface area contributed by atoms with E-state index in [0.29, 0.717) is 28.1 Å². The molecule has 170 valence electrons. The van der Waals surface area contributed by atoms with E-state index in [-0.39, 0.29) is 29.3 Å². The lowest BCUT2D eigenvalue weighted by molar-refractivity contribution is -0.140. The number of rotatable bonds is 4. The van der Waals surface area contributed by atoms with Crippen molar-refractivity contribution in [2.45, 2.75) is 43.9 Å². The second-order valence-corrected chi connectivity index (χ2v) is 8.40. The minimum absolute atomic E-state index is 0.133. The van der Waals surface area contributed by atoms with Gasteiger partial charge in [0.1, 0.15) is 17.1 Å². The number of hydrogen-bond acceptors (Lipinski definition) is 5. The molecule has 2 heterocycles. The number of pyridine rings is 1. The Morgan fingerprint density at radius 1 is 1.25 bits per heavy atom. The fourth-order valence-electron chi connectivity index (χ4n) is 4.02. The second-order valence-electron chi connectivity index (χ2n) is 7.96. The monoisotopic (exact) mass is 466 g/mol. The molecular weight excluding hydrogens is 445 g/mol. The molecule has 1 aliphatic rings. The van der Waals surface area contributed by atoms with Crippen molar-refractivity contribution in [1.82, 2.24) is 20.1 Å². The molecule has 7 nitrogen and oxygen atoms in total. The van der Waals surface area contributed by atoms with Gasteiger partial charge in [0.15, 0.2) is 0 Å². The average Bonchev–Trinajstić information content (AvgIpc) is 3.06. The first kappa shape index (κ1) is 22.2. The molecule has 1 aromatic carbocycles. The molecule has 0 spiro atoms. The van der Waals surface area contributed by atoms with Crippen LogP contribution in [0.15, 0.2) is 30.5 Å². The zero-order chi connectivity index (χ0) is 23.0. The lowest BCUT2D eigenvalue weighted by Crippen LogP contribution is -2.42. The quantitative estimate of drug-likeness (QED) is 0.530. The van der Waals surface area contributed by atoms with Crippen molar-refractivity contribution < 1.29 is 18.0 Å². The van der Waals surface area contributed by atoms with Crippen LogP contribution in [0.2, 0.25) is 5.02 Å².